The fraction of sp³-hybridized carbons (Fsp3) is 0.0800. The third-order valence-corrected chi connectivity index (χ3v) is 5.15. The number of para-hydroxylation sites is 1. The summed E-state index contributed by atoms with van der Waals surface area (Å²) in [4.78, 5) is 0. The highest BCUT2D eigenvalue weighted by Gasteiger charge is 2.25. The molecule has 1 aromatic heterocycles. The Labute approximate surface area is 179 Å². The van der Waals surface area contributed by atoms with Gasteiger partial charge in [-0.25, -0.2) is 0 Å². The van der Waals surface area contributed by atoms with Gasteiger partial charge in [-0.3, -0.25) is 0 Å². The molecule has 0 fully saturated rings. The number of furan rings is 1. The van der Waals surface area contributed by atoms with E-state index in [4.69, 9.17) is 20.8 Å². The Morgan fingerprint density at radius 2 is 1.60 bits per heavy atom. The maximum absolute atomic E-state index is 10.5. The van der Waals surface area contributed by atoms with E-state index in [1.54, 1.807) is 37.4 Å². The van der Waals surface area contributed by atoms with Crippen LogP contribution in [0.15, 0.2) is 77.2 Å². The molecule has 0 spiro atoms. The minimum atomic E-state index is 0.104. The summed E-state index contributed by atoms with van der Waals surface area (Å²) < 4.78 is 11.6. The monoisotopic (exact) mass is 415 g/mol. The maximum atomic E-state index is 10.5. The third kappa shape index (κ3) is 3.63. The minimum absolute atomic E-state index is 0.104. The van der Waals surface area contributed by atoms with E-state index in [0.717, 1.165) is 28.0 Å². The number of hydrogen-bond donors (Lipinski definition) is 1. The molecule has 0 unspecified atom stereocenters. The molecule has 148 valence electrons. The second kappa shape index (κ2) is 8.36. The van der Waals surface area contributed by atoms with Crippen LogP contribution < -0.4 is 4.74 Å². The van der Waals surface area contributed by atoms with Crippen LogP contribution in [0.3, 0.4) is 0 Å². The smallest absolute Gasteiger partial charge is 0.146 e. The van der Waals surface area contributed by atoms with Crippen molar-refractivity contribution in [2.45, 2.75) is 6.42 Å². The van der Waals surface area contributed by atoms with Crippen molar-refractivity contribution in [2.24, 2.45) is 0 Å². The maximum Gasteiger partial charge on any atom is 0.146 e. The fourth-order valence-corrected chi connectivity index (χ4v) is 3.59. The zero-order valence-electron chi connectivity index (χ0n) is 16.2. The number of nitriles is 1. The zero-order chi connectivity index (χ0) is 21.1. The van der Waals surface area contributed by atoms with Crippen LogP contribution in [0, 0.1) is 11.3 Å². The highest BCUT2D eigenvalue weighted by atomic mass is 35.5. The minimum Gasteiger partial charge on any atom is -0.507 e. The number of methoxy groups -OCH3 is 1. The number of aromatic hydroxyl groups is 1. The standard InChI is InChI=1S/C25H18ClNO3/c1-29-19-12-8-16(9-13-19)23-21(14-15-27)24(17-6-10-18(26)11-7-17)30-25(23)20-4-2-3-5-22(20)28/h2-13,28H,14H2,1H3. The SMILES string of the molecule is COc1ccc(-c2c(-c3ccccc3O)oc(-c3ccc(Cl)cc3)c2CC#N)cc1. The molecule has 5 heteroatoms. The van der Waals surface area contributed by atoms with Crippen molar-refractivity contribution in [3.63, 3.8) is 0 Å². The first-order valence-electron chi connectivity index (χ1n) is 9.33. The van der Waals surface area contributed by atoms with Crippen LogP contribution in [0.5, 0.6) is 11.5 Å². The fourth-order valence-electron chi connectivity index (χ4n) is 3.47. The van der Waals surface area contributed by atoms with E-state index in [1.807, 2.05) is 42.5 Å². The summed E-state index contributed by atoms with van der Waals surface area (Å²) in [7, 11) is 1.61. The summed E-state index contributed by atoms with van der Waals surface area (Å²) >= 11 is 6.05. The van der Waals surface area contributed by atoms with Crippen LogP contribution in [0.25, 0.3) is 33.8 Å². The van der Waals surface area contributed by atoms with Crippen LogP contribution in [-0.2, 0) is 6.42 Å². The predicted octanol–water partition coefficient (Wildman–Crippen LogP) is 6.71. The van der Waals surface area contributed by atoms with E-state index in [2.05, 4.69) is 6.07 Å². The highest BCUT2D eigenvalue weighted by molar-refractivity contribution is 6.30. The first kappa shape index (κ1) is 19.6. The average Bonchev–Trinajstić information content (AvgIpc) is 3.14. The molecule has 1 N–H and O–H groups in total. The van der Waals surface area contributed by atoms with E-state index >= 15 is 0 Å². The molecule has 0 amide bonds. The van der Waals surface area contributed by atoms with Crippen LogP contribution in [-0.4, -0.2) is 12.2 Å². The van der Waals surface area contributed by atoms with Gasteiger partial charge in [-0.15, -0.1) is 0 Å². The predicted molar refractivity (Wildman–Crippen MR) is 118 cm³/mol. The van der Waals surface area contributed by atoms with Gasteiger partial charge in [0.15, 0.2) is 0 Å². The van der Waals surface area contributed by atoms with Gasteiger partial charge in [-0.2, -0.15) is 5.26 Å². The topological polar surface area (TPSA) is 66.4 Å². The molecule has 0 aliphatic heterocycles. The Balaban J connectivity index is 2.02. The number of phenols is 1. The molecular weight excluding hydrogens is 398 g/mol. The van der Waals surface area contributed by atoms with Gasteiger partial charge in [0.1, 0.15) is 23.0 Å². The van der Waals surface area contributed by atoms with E-state index in [9.17, 15) is 10.4 Å². The lowest BCUT2D eigenvalue weighted by atomic mass is 9.94. The van der Waals surface area contributed by atoms with Gasteiger partial charge < -0.3 is 14.3 Å². The Bertz CT molecular complexity index is 1220. The molecule has 4 aromatic rings. The molecule has 4 rings (SSSR count). The first-order chi connectivity index (χ1) is 14.6. The lowest BCUT2D eigenvalue weighted by Crippen LogP contribution is -1.90. The van der Waals surface area contributed by atoms with Crippen molar-refractivity contribution in [3.05, 3.63) is 83.4 Å². The molecule has 0 bridgehead atoms. The zero-order valence-corrected chi connectivity index (χ0v) is 17.0. The summed E-state index contributed by atoms with van der Waals surface area (Å²) in [6.07, 6.45) is 0.149. The van der Waals surface area contributed by atoms with Crippen LogP contribution >= 0.6 is 11.6 Å². The van der Waals surface area contributed by atoms with E-state index in [0.29, 0.717) is 22.1 Å². The van der Waals surface area contributed by atoms with Crippen molar-refractivity contribution in [1.82, 2.24) is 0 Å². The second-order valence-electron chi connectivity index (χ2n) is 6.70. The Morgan fingerprint density at radius 1 is 0.933 bits per heavy atom. The third-order valence-electron chi connectivity index (χ3n) is 4.90. The molecule has 0 radical (unpaired) electrons. The highest BCUT2D eigenvalue weighted by Crippen LogP contribution is 2.45. The van der Waals surface area contributed by atoms with Crippen molar-refractivity contribution in [1.29, 1.82) is 5.26 Å². The summed E-state index contributed by atoms with van der Waals surface area (Å²) in [5, 5.41) is 20.6. The number of nitrogens with zero attached hydrogens (tertiary/aromatic N) is 1. The molecule has 0 atom stereocenters. The quantitative estimate of drug-likeness (QED) is 0.393. The van der Waals surface area contributed by atoms with Crippen molar-refractivity contribution < 1.29 is 14.3 Å². The van der Waals surface area contributed by atoms with Crippen molar-refractivity contribution in [2.75, 3.05) is 7.11 Å². The van der Waals surface area contributed by atoms with E-state index in [-0.39, 0.29) is 12.2 Å². The van der Waals surface area contributed by atoms with Gasteiger partial charge in [-0.1, -0.05) is 35.9 Å². The van der Waals surface area contributed by atoms with Crippen molar-refractivity contribution in [3.8, 4) is 51.3 Å². The van der Waals surface area contributed by atoms with Gasteiger partial charge in [0.05, 0.1) is 25.2 Å². The van der Waals surface area contributed by atoms with E-state index in [1.165, 1.54) is 0 Å². The molecular formula is C25H18ClNO3. The van der Waals surface area contributed by atoms with Gasteiger partial charge >= 0.3 is 0 Å². The van der Waals surface area contributed by atoms with Crippen LogP contribution in [0.4, 0.5) is 0 Å². The number of hydrogen-bond acceptors (Lipinski definition) is 4. The average molecular weight is 416 g/mol. The molecule has 0 aliphatic carbocycles. The van der Waals surface area contributed by atoms with Gasteiger partial charge in [0.25, 0.3) is 0 Å². The Morgan fingerprint density at radius 3 is 2.23 bits per heavy atom. The Hall–Kier alpha value is -3.68. The van der Waals surface area contributed by atoms with Gasteiger partial charge in [0, 0.05) is 21.7 Å². The second-order valence-corrected chi connectivity index (χ2v) is 7.14. The normalized spacial score (nSPS) is 10.6. The summed E-state index contributed by atoms with van der Waals surface area (Å²) in [5.41, 5.74) is 3.75. The molecule has 0 saturated heterocycles. The molecule has 3 aromatic carbocycles. The molecule has 30 heavy (non-hydrogen) atoms. The Kier molecular flexibility index (Phi) is 5.47. The van der Waals surface area contributed by atoms with Crippen LogP contribution in [0.1, 0.15) is 5.56 Å². The van der Waals surface area contributed by atoms with E-state index < -0.39 is 0 Å². The largest absolute Gasteiger partial charge is 0.507 e. The summed E-state index contributed by atoms with van der Waals surface area (Å²) in [6, 6.07) is 24.1. The molecule has 0 saturated carbocycles. The number of phenolic OH excluding ortho intramolecular Hbond substituents is 1. The lowest BCUT2D eigenvalue weighted by molar-refractivity contribution is 0.415. The number of rotatable bonds is 5. The van der Waals surface area contributed by atoms with Crippen LogP contribution in [0.2, 0.25) is 5.02 Å². The summed E-state index contributed by atoms with van der Waals surface area (Å²) in [6.45, 7) is 0. The number of halogens is 1. The summed E-state index contributed by atoms with van der Waals surface area (Å²) in [5.74, 6) is 1.92. The molecule has 0 aliphatic rings. The van der Waals surface area contributed by atoms with Gasteiger partial charge in [0.2, 0.25) is 0 Å². The van der Waals surface area contributed by atoms with Crippen molar-refractivity contribution >= 4 is 11.6 Å². The lowest BCUT2D eigenvalue weighted by Gasteiger charge is -2.08. The molecule has 1 heterocycles. The van der Waals surface area contributed by atoms with Gasteiger partial charge in [-0.05, 0) is 54.1 Å². The number of benzene rings is 3. The number of ether oxygens (including phenoxy) is 1. The first-order valence-corrected chi connectivity index (χ1v) is 9.71. The molecule has 4 nitrogen and oxygen atoms in total.